The molecule has 0 spiro atoms. The number of aryl methyl sites for hydroxylation is 1. The van der Waals surface area contributed by atoms with E-state index in [1.165, 1.54) is 0 Å². The molecule has 1 atom stereocenters. The molecule has 0 fully saturated rings. The van der Waals surface area contributed by atoms with Gasteiger partial charge in [-0.2, -0.15) is 0 Å². The van der Waals surface area contributed by atoms with Crippen LogP contribution in [0.2, 0.25) is 0 Å². The average Bonchev–Trinajstić information content (AvgIpc) is 2.63. The van der Waals surface area contributed by atoms with Crippen LogP contribution in [0, 0.1) is 6.92 Å². The van der Waals surface area contributed by atoms with Gasteiger partial charge in [0.2, 0.25) is 5.96 Å². The Hall–Kier alpha value is -1.49. The van der Waals surface area contributed by atoms with Crippen LogP contribution in [0.5, 0.6) is 0 Å². The molecule has 1 aromatic rings. The van der Waals surface area contributed by atoms with Crippen molar-refractivity contribution in [2.24, 2.45) is 10.8 Å². The number of nitrogens with one attached hydrogen (secondary N) is 2. The number of nitrogens with two attached hydrogens (primary N) is 1. The Morgan fingerprint density at radius 2 is 2.06 bits per heavy atom. The summed E-state index contributed by atoms with van der Waals surface area (Å²) in [4.78, 5) is 4.39. The summed E-state index contributed by atoms with van der Waals surface area (Å²) in [6.07, 6.45) is 0. The van der Waals surface area contributed by atoms with E-state index in [1.807, 2.05) is 39.8 Å². The van der Waals surface area contributed by atoms with Crippen LogP contribution >= 0.6 is 0 Å². The van der Waals surface area contributed by atoms with E-state index < -0.39 is 0 Å². The SMILES string of the molecule is Cc1ccc(C(C)N=C(NN)NC(C)C)o1. The zero-order chi connectivity index (χ0) is 12.1. The number of hydrazine groups is 1. The van der Waals surface area contributed by atoms with Gasteiger partial charge in [-0.15, -0.1) is 0 Å². The number of hydrogen-bond acceptors (Lipinski definition) is 3. The van der Waals surface area contributed by atoms with Crippen LogP contribution in [0.1, 0.15) is 38.3 Å². The summed E-state index contributed by atoms with van der Waals surface area (Å²) in [7, 11) is 0. The highest BCUT2D eigenvalue weighted by atomic mass is 16.3. The molecule has 1 unspecified atom stereocenters. The van der Waals surface area contributed by atoms with Gasteiger partial charge in [-0.1, -0.05) is 0 Å². The number of guanidine groups is 1. The Balaban J connectivity index is 2.72. The first-order valence-corrected chi connectivity index (χ1v) is 5.40. The molecule has 0 aliphatic heterocycles. The van der Waals surface area contributed by atoms with Gasteiger partial charge in [0.25, 0.3) is 0 Å². The molecule has 0 aliphatic rings. The molecule has 90 valence electrons. The summed E-state index contributed by atoms with van der Waals surface area (Å²) < 4.78 is 5.49. The maximum Gasteiger partial charge on any atom is 0.206 e. The highest BCUT2D eigenvalue weighted by Gasteiger charge is 2.09. The summed E-state index contributed by atoms with van der Waals surface area (Å²) in [6.45, 7) is 7.91. The maximum atomic E-state index is 5.49. The van der Waals surface area contributed by atoms with E-state index in [1.54, 1.807) is 0 Å². The van der Waals surface area contributed by atoms with Gasteiger partial charge in [0.1, 0.15) is 17.6 Å². The minimum Gasteiger partial charge on any atom is -0.464 e. The van der Waals surface area contributed by atoms with E-state index in [9.17, 15) is 0 Å². The lowest BCUT2D eigenvalue weighted by Crippen LogP contribution is -2.44. The largest absolute Gasteiger partial charge is 0.464 e. The van der Waals surface area contributed by atoms with Crippen LogP contribution in [-0.2, 0) is 0 Å². The van der Waals surface area contributed by atoms with Gasteiger partial charge in [-0.25, -0.2) is 10.8 Å². The Labute approximate surface area is 96.1 Å². The molecule has 0 aromatic carbocycles. The molecular formula is C11H20N4O. The number of aliphatic imine (C=N–C) groups is 1. The zero-order valence-corrected chi connectivity index (χ0v) is 10.2. The minimum absolute atomic E-state index is 0.0639. The van der Waals surface area contributed by atoms with Gasteiger partial charge in [-0.3, -0.25) is 5.43 Å². The van der Waals surface area contributed by atoms with Crippen LogP contribution in [-0.4, -0.2) is 12.0 Å². The summed E-state index contributed by atoms with van der Waals surface area (Å²) in [5, 5.41) is 3.11. The molecule has 16 heavy (non-hydrogen) atoms. The molecule has 0 radical (unpaired) electrons. The van der Waals surface area contributed by atoms with Gasteiger partial charge in [0, 0.05) is 6.04 Å². The normalized spacial score (nSPS) is 14.0. The van der Waals surface area contributed by atoms with Crippen molar-refractivity contribution < 1.29 is 4.42 Å². The highest BCUT2D eigenvalue weighted by Crippen LogP contribution is 2.18. The van der Waals surface area contributed by atoms with E-state index in [0.29, 0.717) is 5.96 Å². The second kappa shape index (κ2) is 5.55. The fraction of sp³-hybridized carbons (Fsp3) is 0.545. The van der Waals surface area contributed by atoms with Gasteiger partial charge < -0.3 is 9.73 Å². The molecule has 5 heteroatoms. The van der Waals surface area contributed by atoms with E-state index in [0.717, 1.165) is 11.5 Å². The Morgan fingerprint density at radius 3 is 2.50 bits per heavy atom. The average molecular weight is 224 g/mol. The van der Waals surface area contributed by atoms with Crippen LogP contribution in [0.4, 0.5) is 0 Å². The van der Waals surface area contributed by atoms with Gasteiger partial charge in [0.05, 0.1) is 0 Å². The fourth-order valence-electron chi connectivity index (χ4n) is 1.32. The van der Waals surface area contributed by atoms with Crippen molar-refractivity contribution in [2.45, 2.75) is 39.8 Å². The summed E-state index contributed by atoms with van der Waals surface area (Å²) in [5.74, 6) is 7.66. The summed E-state index contributed by atoms with van der Waals surface area (Å²) in [6, 6.07) is 4.06. The van der Waals surface area contributed by atoms with Crippen molar-refractivity contribution in [3.63, 3.8) is 0 Å². The molecule has 1 heterocycles. The molecule has 0 bridgehead atoms. The number of rotatable bonds is 3. The lowest BCUT2D eigenvalue weighted by atomic mass is 10.3. The Kier molecular flexibility index (Phi) is 4.37. The lowest BCUT2D eigenvalue weighted by molar-refractivity contribution is 0.457. The third kappa shape index (κ3) is 3.58. The van der Waals surface area contributed by atoms with E-state index in [-0.39, 0.29) is 12.1 Å². The first-order valence-electron chi connectivity index (χ1n) is 5.40. The van der Waals surface area contributed by atoms with Gasteiger partial charge in [0.15, 0.2) is 0 Å². The van der Waals surface area contributed by atoms with Crippen LogP contribution in [0.15, 0.2) is 21.5 Å². The highest BCUT2D eigenvalue weighted by molar-refractivity contribution is 5.79. The first kappa shape index (κ1) is 12.6. The molecular weight excluding hydrogens is 204 g/mol. The number of nitrogens with zero attached hydrogens (tertiary/aromatic N) is 1. The Bertz CT molecular complexity index is 357. The van der Waals surface area contributed by atoms with Crippen molar-refractivity contribution in [2.75, 3.05) is 0 Å². The monoisotopic (exact) mass is 224 g/mol. The topological polar surface area (TPSA) is 75.6 Å². The molecule has 0 amide bonds. The minimum atomic E-state index is -0.0639. The van der Waals surface area contributed by atoms with Crippen molar-refractivity contribution in [1.29, 1.82) is 0 Å². The molecule has 1 rings (SSSR count). The van der Waals surface area contributed by atoms with Crippen LogP contribution in [0.3, 0.4) is 0 Å². The zero-order valence-electron chi connectivity index (χ0n) is 10.2. The number of furan rings is 1. The number of hydrogen-bond donors (Lipinski definition) is 3. The van der Waals surface area contributed by atoms with E-state index in [4.69, 9.17) is 10.3 Å². The van der Waals surface area contributed by atoms with E-state index >= 15 is 0 Å². The van der Waals surface area contributed by atoms with Gasteiger partial charge in [-0.05, 0) is 39.8 Å². The fourth-order valence-corrected chi connectivity index (χ4v) is 1.32. The standard InChI is InChI=1S/C11H20N4O/c1-7(2)13-11(15-12)14-9(4)10-6-5-8(3)16-10/h5-7,9H,12H2,1-4H3,(H2,13,14,15). The molecule has 0 aliphatic carbocycles. The second-order valence-corrected chi connectivity index (χ2v) is 4.05. The molecule has 4 N–H and O–H groups in total. The van der Waals surface area contributed by atoms with Crippen LogP contribution < -0.4 is 16.6 Å². The van der Waals surface area contributed by atoms with Gasteiger partial charge >= 0.3 is 0 Å². The predicted molar refractivity (Wildman–Crippen MR) is 64.9 cm³/mol. The second-order valence-electron chi connectivity index (χ2n) is 4.05. The molecule has 0 saturated carbocycles. The van der Waals surface area contributed by atoms with Crippen molar-refractivity contribution >= 4 is 5.96 Å². The predicted octanol–water partition coefficient (Wildman–Crippen LogP) is 1.47. The summed E-state index contributed by atoms with van der Waals surface area (Å²) in [5.41, 5.74) is 2.54. The third-order valence-electron chi connectivity index (χ3n) is 2.06. The maximum absolute atomic E-state index is 5.49. The van der Waals surface area contributed by atoms with Crippen molar-refractivity contribution in [1.82, 2.24) is 10.7 Å². The quantitative estimate of drug-likeness (QED) is 0.314. The molecule has 1 aromatic heterocycles. The van der Waals surface area contributed by atoms with Crippen LogP contribution in [0.25, 0.3) is 0 Å². The molecule has 0 saturated heterocycles. The van der Waals surface area contributed by atoms with E-state index in [2.05, 4.69) is 15.7 Å². The first-order chi connectivity index (χ1) is 7.52. The third-order valence-corrected chi connectivity index (χ3v) is 2.06. The smallest absolute Gasteiger partial charge is 0.206 e. The molecule has 5 nitrogen and oxygen atoms in total. The lowest BCUT2D eigenvalue weighted by Gasteiger charge is -2.13. The summed E-state index contributed by atoms with van der Waals surface area (Å²) >= 11 is 0. The van der Waals surface area contributed by atoms with Crippen molar-refractivity contribution in [3.05, 3.63) is 23.7 Å². The Morgan fingerprint density at radius 1 is 1.38 bits per heavy atom. The van der Waals surface area contributed by atoms with Crippen molar-refractivity contribution in [3.8, 4) is 0 Å².